The van der Waals surface area contributed by atoms with Crippen molar-refractivity contribution in [3.05, 3.63) is 54.2 Å². The third kappa shape index (κ3) is 2.85. The summed E-state index contributed by atoms with van der Waals surface area (Å²) in [5, 5.41) is 12.1. The van der Waals surface area contributed by atoms with Crippen LogP contribution in [0.1, 0.15) is 18.4 Å². The Morgan fingerprint density at radius 1 is 1.22 bits per heavy atom. The zero-order chi connectivity index (χ0) is 13.0. The summed E-state index contributed by atoms with van der Waals surface area (Å²) >= 11 is 0. The number of nitrogens with zero attached hydrogens (tertiary/aromatic N) is 1. The quantitative estimate of drug-likeness (QED) is 0.865. The number of hydrogen-bond acceptors (Lipinski definition) is 3. The molecule has 0 amide bonds. The van der Waals surface area contributed by atoms with E-state index in [1.165, 1.54) is 0 Å². The van der Waals surface area contributed by atoms with Gasteiger partial charge in [0.1, 0.15) is 5.82 Å². The summed E-state index contributed by atoms with van der Waals surface area (Å²) in [6, 6.07) is 12.9. The highest BCUT2D eigenvalue weighted by Gasteiger charge is 2.12. The molecule has 4 heteroatoms. The highest BCUT2D eigenvalue weighted by atomic mass is 16.4. The summed E-state index contributed by atoms with van der Waals surface area (Å²) < 4.78 is 0. The summed E-state index contributed by atoms with van der Waals surface area (Å²) in [5.41, 5.74) is 1.67. The molecule has 0 aliphatic heterocycles. The standard InChI is InChI=1S/C14H14N2O2/c1-10(14(17)18)11-5-7-12(8-6-11)16-13-4-2-3-9-15-13/h2-10H,1H3,(H,15,16)(H,17,18)/t10-/m0/s1. The van der Waals surface area contributed by atoms with Gasteiger partial charge in [0.25, 0.3) is 0 Å². The van der Waals surface area contributed by atoms with Crippen LogP contribution in [0.5, 0.6) is 0 Å². The van der Waals surface area contributed by atoms with E-state index in [0.717, 1.165) is 17.1 Å². The first-order valence-electron chi connectivity index (χ1n) is 5.67. The van der Waals surface area contributed by atoms with Crippen molar-refractivity contribution in [1.29, 1.82) is 0 Å². The topological polar surface area (TPSA) is 62.2 Å². The number of nitrogens with one attached hydrogen (secondary N) is 1. The summed E-state index contributed by atoms with van der Waals surface area (Å²) in [6.07, 6.45) is 1.71. The molecule has 0 saturated heterocycles. The molecule has 4 nitrogen and oxygen atoms in total. The first kappa shape index (κ1) is 12.1. The number of anilines is 2. The zero-order valence-electron chi connectivity index (χ0n) is 10.00. The largest absolute Gasteiger partial charge is 0.481 e. The van der Waals surface area contributed by atoms with Crippen LogP contribution in [0.15, 0.2) is 48.7 Å². The van der Waals surface area contributed by atoms with E-state index in [-0.39, 0.29) is 0 Å². The van der Waals surface area contributed by atoms with Crippen molar-refractivity contribution in [3.8, 4) is 0 Å². The van der Waals surface area contributed by atoms with Crippen molar-refractivity contribution < 1.29 is 9.90 Å². The van der Waals surface area contributed by atoms with E-state index in [9.17, 15) is 4.79 Å². The van der Waals surface area contributed by atoms with Crippen LogP contribution in [0.25, 0.3) is 0 Å². The van der Waals surface area contributed by atoms with Crippen molar-refractivity contribution in [2.24, 2.45) is 0 Å². The molecule has 1 aromatic carbocycles. The van der Waals surface area contributed by atoms with Crippen LogP contribution in [-0.2, 0) is 4.79 Å². The SMILES string of the molecule is C[C@H](C(=O)O)c1ccc(Nc2ccccn2)cc1. The number of carboxylic acid groups (broad SMARTS) is 1. The molecule has 2 aromatic rings. The smallest absolute Gasteiger partial charge is 0.310 e. The van der Waals surface area contributed by atoms with Crippen LogP contribution in [0.2, 0.25) is 0 Å². The molecule has 2 rings (SSSR count). The van der Waals surface area contributed by atoms with E-state index in [4.69, 9.17) is 5.11 Å². The van der Waals surface area contributed by atoms with Gasteiger partial charge in [0.15, 0.2) is 0 Å². The van der Waals surface area contributed by atoms with Gasteiger partial charge in [0, 0.05) is 11.9 Å². The molecule has 1 heterocycles. The minimum atomic E-state index is -0.819. The highest BCUT2D eigenvalue weighted by molar-refractivity contribution is 5.75. The first-order valence-corrected chi connectivity index (χ1v) is 5.67. The van der Waals surface area contributed by atoms with E-state index < -0.39 is 11.9 Å². The molecule has 0 saturated carbocycles. The van der Waals surface area contributed by atoms with E-state index >= 15 is 0 Å². The molecule has 2 N–H and O–H groups in total. The lowest BCUT2D eigenvalue weighted by Crippen LogP contribution is -2.07. The molecule has 0 fully saturated rings. The predicted octanol–water partition coefficient (Wildman–Crippen LogP) is 3.01. The second-order valence-electron chi connectivity index (χ2n) is 4.02. The number of rotatable bonds is 4. The minimum absolute atomic E-state index is 0.492. The molecule has 0 aliphatic rings. The number of aromatic nitrogens is 1. The van der Waals surface area contributed by atoms with Crippen LogP contribution in [0, 0.1) is 0 Å². The minimum Gasteiger partial charge on any atom is -0.481 e. The maximum Gasteiger partial charge on any atom is 0.310 e. The highest BCUT2D eigenvalue weighted by Crippen LogP contribution is 2.20. The Morgan fingerprint density at radius 3 is 2.50 bits per heavy atom. The molecule has 0 spiro atoms. The van der Waals surface area contributed by atoms with Crippen LogP contribution in [0.3, 0.4) is 0 Å². The van der Waals surface area contributed by atoms with Gasteiger partial charge in [-0.3, -0.25) is 4.79 Å². The molecule has 18 heavy (non-hydrogen) atoms. The fourth-order valence-corrected chi connectivity index (χ4v) is 1.58. The first-order chi connectivity index (χ1) is 8.66. The van der Waals surface area contributed by atoms with Crippen molar-refractivity contribution in [3.63, 3.8) is 0 Å². The Balaban J connectivity index is 2.11. The van der Waals surface area contributed by atoms with E-state index in [1.807, 2.05) is 42.5 Å². The van der Waals surface area contributed by atoms with Gasteiger partial charge in [-0.1, -0.05) is 18.2 Å². The molecule has 1 aromatic heterocycles. The molecular weight excluding hydrogens is 228 g/mol. The Labute approximate surface area is 105 Å². The zero-order valence-corrected chi connectivity index (χ0v) is 10.00. The number of pyridine rings is 1. The second kappa shape index (κ2) is 5.31. The average molecular weight is 242 g/mol. The molecule has 0 unspecified atom stereocenters. The second-order valence-corrected chi connectivity index (χ2v) is 4.02. The molecule has 0 aliphatic carbocycles. The van der Waals surface area contributed by atoms with E-state index in [1.54, 1.807) is 13.1 Å². The Hall–Kier alpha value is -2.36. The van der Waals surface area contributed by atoms with Gasteiger partial charge in [0.2, 0.25) is 0 Å². The maximum absolute atomic E-state index is 10.9. The maximum atomic E-state index is 10.9. The van der Waals surface area contributed by atoms with Gasteiger partial charge < -0.3 is 10.4 Å². The number of aliphatic carboxylic acids is 1. The molecule has 92 valence electrons. The third-order valence-corrected chi connectivity index (χ3v) is 2.72. The fraction of sp³-hybridized carbons (Fsp3) is 0.143. The molecular formula is C14H14N2O2. The van der Waals surface area contributed by atoms with Crippen LogP contribution in [0.4, 0.5) is 11.5 Å². The van der Waals surface area contributed by atoms with Crippen LogP contribution in [-0.4, -0.2) is 16.1 Å². The predicted molar refractivity (Wildman–Crippen MR) is 70.0 cm³/mol. The van der Waals surface area contributed by atoms with Gasteiger partial charge in [0.05, 0.1) is 5.92 Å². The van der Waals surface area contributed by atoms with Crippen LogP contribution < -0.4 is 5.32 Å². The number of carboxylic acids is 1. The number of benzene rings is 1. The van der Waals surface area contributed by atoms with Gasteiger partial charge in [-0.25, -0.2) is 4.98 Å². The molecule has 0 bridgehead atoms. The van der Waals surface area contributed by atoms with Crippen molar-refractivity contribution in [2.75, 3.05) is 5.32 Å². The molecule has 0 radical (unpaired) electrons. The van der Waals surface area contributed by atoms with Crippen LogP contribution >= 0.6 is 0 Å². The third-order valence-electron chi connectivity index (χ3n) is 2.72. The lowest BCUT2D eigenvalue weighted by molar-refractivity contribution is -0.138. The molecule has 1 atom stereocenters. The van der Waals surface area contributed by atoms with Gasteiger partial charge in [-0.2, -0.15) is 0 Å². The normalized spacial score (nSPS) is 11.8. The summed E-state index contributed by atoms with van der Waals surface area (Å²) in [5.74, 6) is -0.550. The van der Waals surface area contributed by atoms with Gasteiger partial charge in [-0.15, -0.1) is 0 Å². The Bertz CT molecular complexity index is 523. The van der Waals surface area contributed by atoms with Crippen molar-refractivity contribution in [2.45, 2.75) is 12.8 Å². The van der Waals surface area contributed by atoms with Crippen molar-refractivity contribution >= 4 is 17.5 Å². The monoisotopic (exact) mass is 242 g/mol. The Morgan fingerprint density at radius 2 is 1.94 bits per heavy atom. The lowest BCUT2D eigenvalue weighted by Gasteiger charge is -2.09. The summed E-state index contributed by atoms with van der Waals surface area (Å²) in [7, 11) is 0. The van der Waals surface area contributed by atoms with E-state index in [2.05, 4.69) is 10.3 Å². The van der Waals surface area contributed by atoms with Gasteiger partial charge >= 0.3 is 5.97 Å². The fourth-order valence-electron chi connectivity index (χ4n) is 1.58. The van der Waals surface area contributed by atoms with Crippen molar-refractivity contribution in [1.82, 2.24) is 4.98 Å². The van der Waals surface area contributed by atoms with E-state index in [0.29, 0.717) is 0 Å². The number of hydrogen-bond donors (Lipinski definition) is 2. The summed E-state index contributed by atoms with van der Waals surface area (Å²) in [6.45, 7) is 1.67. The summed E-state index contributed by atoms with van der Waals surface area (Å²) in [4.78, 5) is 15.0. The average Bonchev–Trinajstić information content (AvgIpc) is 2.40. The number of carbonyl (C=O) groups is 1. The Kier molecular flexibility index (Phi) is 3.57. The van der Waals surface area contributed by atoms with Gasteiger partial charge in [-0.05, 0) is 36.8 Å². The lowest BCUT2D eigenvalue weighted by atomic mass is 10.0.